The summed E-state index contributed by atoms with van der Waals surface area (Å²) in [6.45, 7) is 0.559. The zero-order chi connectivity index (χ0) is 39.4. The van der Waals surface area contributed by atoms with E-state index < -0.39 is 12.1 Å². The first kappa shape index (κ1) is 34.3. The number of amides is 4. The molecule has 0 unspecified atom stereocenters. The van der Waals surface area contributed by atoms with Gasteiger partial charge in [0.15, 0.2) is 23.0 Å². The van der Waals surface area contributed by atoms with Crippen LogP contribution >= 0.6 is 0 Å². The Bertz CT molecular complexity index is 2550. The molecule has 14 heteroatoms. The van der Waals surface area contributed by atoms with Crippen LogP contribution in [0.2, 0.25) is 0 Å². The number of piperazine rings is 2. The summed E-state index contributed by atoms with van der Waals surface area (Å²) in [5.74, 6) is 2.56. The molecule has 8 heterocycles. The number of nitrogens with one attached hydrogen (secondary N) is 2. The summed E-state index contributed by atoms with van der Waals surface area (Å²) < 4.78 is 22.0. The fourth-order valence-electron chi connectivity index (χ4n) is 9.67. The molecule has 12 rings (SSSR count). The zero-order valence-electron chi connectivity index (χ0n) is 31.7. The van der Waals surface area contributed by atoms with E-state index in [1.807, 2.05) is 72.8 Å². The van der Waals surface area contributed by atoms with Crippen molar-refractivity contribution in [1.82, 2.24) is 29.6 Å². The molecule has 4 atom stereocenters. The minimum Gasteiger partial charge on any atom is -0.454 e. The third-order valence-corrected chi connectivity index (χ3v) is 12.3. The first-order chi connectivity index (χ1) is 28.2. The van der Waals surface area contributed by atoms with Gasteiger partial charge in [0.05, 0.1) is 25.2 Å². The van der Waals surface area contributed by atoms with Crippen LogP contribution in [-0.4, -0.2) is 106 Å². The van der Waals surface area contributed by atoms with Gasteiger partial charge >= 0.3 is 0 Å². The number of carbonyl (C=O) groups excluding carboxylic acids is 4. The number of aromatic nitrogens is 2. The number of fused-ring (bicyclic) bond motifs is 10. The van der Waals surface area contributed by atoms with Crippen LogP contribution in [0.1, 0.15) is 45.7 Å². The Hall–Kier alpha value is -6.96. The van der Waals surface area contributed by atoms with Crippen molar-refractivity contribution >= 4 is 45.4 Å². The fraction of sp³-hybridized carbons (Fsp3) is 0.273. The predicted molar refractivity (Wildman–Crippen MR) is 209 cm³/mol. The van der Waals surface area contributed by atoms with Crippen LogP contribution in [0.25, 0.3) is 21.8 Å². The number of hydrogen-bond donors (Lipinski definition) is 2. The SMILES string of the molecule is CN1CC(=O)N2[C@H](c3ccc4c(c3)OCO4)c3[nH]c4ccccc4c3C[C@@H]2C1=O.CN1CC(=O)N2[C@H](c3ccc4c(c3)OCO4)c3[nH]c4ccccc4c3C[C@@H]2C1=O. The molecule has 0 bridgehead atoms. The molecule has 2 N–H and O–H groups in total. The van der Waals surface area contributed by atoms with E-state index in [1.54, 1.807) is 23.9 Å². The average Bonchev–Trinajstić information content (AvgIpc) is 4.05. The summed E-state index contributed by atoms with van der Waals surface area (Å²) in [4.78, 5) is 65.8. The van der Waals surface area contributed by atoms with Crippen LogP contribution in [0.3, 0.4) is 0 Å². The lowest BCUT2D eigenvalue weighted by Crippen LogP contribution is -2.62. The lowest BCUT2D eigenvalue weighted by Gasteiger charge is -2.46. The van der Waals surface area contributed by atoms with Crippen molar-refractivity contribution in [2.24, 2.45) is 0 Å². The van der Waals surface area contributed by atoms with Crippen LogP contribution < -0.4 is 18.9 Å². The Morgan fingerprint density at radius 2 is 0.948 bits per heavy atom. The Morgan fingerprint density at radius 1 is 0.534 bits per heavy atom. The monoisotopic (exact) mass is 778 g/mol. The minimum atomic E-state index is -0.511. The lowest BCUT2D eigenvalue weighted by atomic mass is 9.86. The second-order valence-corrected chi connectivity index (χ2v) is 15.6. The van der Waals surface area contributed by atoms with Crippen molar-refractivity contribution in [2.45, 2.75) is 37.0 Å². The quantitative estimate of drug-likeness (QED) is 0.263. The Balaban J connectivity index is 0.000000133. The second kappa shape index (κ2) is 12.8. The number of H-pyrrole nitrogens is 2. The first-order valence-electron chi connectivity index (χ1n) is 19.3. The van der Waals surface area contributed by atoms with Gasteiger partial charge in [-0.25, -0.2) is 0 Å². The smallest absolute Gasteiger partial charge is 0.245 e. The molecule has 0 spiro atoms. The van der Waals surface area contributed by atoms with Gasteiger partial charge in [-0.05, 0) is 58.7 Å². The highest BCUT2D eigenvalue weighted by Crippen LogP contribution is 2.46. The largest absolute Gasteiger partial charge is 0.454 e. The van der Waals surface area contributed by atoms with Gasteiger partial charge in [0.2, 0.25) is 37.2 Å². The third kappa shape index (κ3) is 5.10. The van der Waals surface area contributed by atoms with Crippen LogP contribution in [0.4, 0.5) is 0 Å². The summed E-state index contributed by atoms with van der Waals surface area (Å²) >= 11 is 0. The summed E-state index contributed by atoms with van der Waals surface area (Å²) in [6, 6.07) is 25.8. The van der Waals surface area contributed by atoms with Gasteiger partial charge in [0, 0.05) is 60.1 Å². The van der Waals surface area contributed by atoms with Gasteiger partial charge in [-0.15, -0.1) is 0 Å². The first-order valence-corrected chi connectivity index (χ1v) is 19.3. The Morgan fingerprint density at radius 3 is 1.40 bits per heavy atom. The molecule has 4 aromatic carbocycles. The van der Waals surface area contributed by atoms with Crippen LogP contribution in [-0.2, 0) is 32.0 Å². The highest BCUT2D eigenvalue weighted by molar-refractivity contribution is 5.99. The summed E-state index contributed by atoms with van der Waals surface area (Å²) in [6.07, 6.45) is 1.02. The maximum atomic E-state index is 13.1. The topological polar surface area (TPSA) is 150 Å². The number of aromatic amines is 2. The van der Waals surface area contributed by atoms with Gasteiger partial charge in [-0.2, -0.15) is 0 Å². The van der Waals surface area contributed by atoms with E-state index >= 15 is 0 Å². The van der Waals surface area contributed by atoms with E-state index in [0.29, 0.717) is 35.8 Å². The molecular formula is C44H38N6O8. The van der Waals surface area contributed by atoms with E-state index in [1.165, 1.54) is 9.80 Å². The minimum absolute atomic E-state index is 0.0220. The molecule has 6 aliphatic rings. The standard InChI is InChI=1S/2C22H19N3O4/c2*1-24-10-19(26)25-16(22(24)27)9-14-13-4-2-3-5-15(13)23-20(14)21(25)12-6-7-17-18(8-12)29-11-28-17/h2*2-8,16,21,23H,9-11H2,1H3/t2*16-,21-/m11/s1. The molecular weight excluding hydrogens is 741 g/mol. The second-order valence-electron chi connectivity index (χ2n) is 15.6. The molecule has 2 aromatic heterocycles. The van der Waals surface area contributed by atoms with Gasteiger partial charge in [-0.1, -0.05) is 48.5 Å². The number of para-hydroxylation sites is 2. The molecule has 2 saturated heterocycles. The van der Waals surface area contributed by atoms with Gasteiger partial charge in [-0.3, -0.25) is 19.2 Å². The van der Waals surface area contributed by atoms with Gasteiger partial charge in [0.1, 0.15) is 12.1 Å². The van der Waals surface area contributed by atoms with Crippen molar-refractivity contribution in [2.75, 3.05) is 40.8 Å². The summed E-state index contributed by atoms with van der Waals surface area (Å²) in [5, 5.41) is 2.20. The Kier molecular flexibility index (Phi) is 7.56. The highest BCUT2D eigenvalue weighted by Gasteiger charge is 2.49. The summed E-state index contributed by atoms with van der Waals surface area (Å²) in [5.41, 5.74) is 7.95. The lowest BCUT2D eigenvalue weighted by molar-refractivity contribution is -0.157. The molecule has 14 nitrogen and oxygen atoms in total. The molecule has 58 heavy (non-hydrogen) atoms. The maximum absolute atomic E-state index is 13.1. The average molecular weight is 779 g/mol. The number of hydrogen-bond acceptors (Lipinski definition) is 8. The third-order valence-electron chi connectivity index (χ3n) is 12.3. The number of ether oxygens (including phenoxy) is 4. The summed E-state index contributed by atoms with van der Waals surface area (Å²) in [7, 11) is 3.38. The molecule has 0 aliphatic carbocycles. The van der Waals surface area contributed by atoms with E-state index in [9.17, 15) is 19.2 Å². The highest BCUT2D eigenvalue weighted by atomic mass is 16.7. The molecule has 6 aliphatic heterocycles. The molecule has 0 radical (unpaired) electrons. The number of likely N-dealkylation sites (N-methyl/N-ethyl adjacent to an activating group) is 2. The number of benzene rings is 4. The number of rotatable bonds is 2. The van der Waals surface area contributed by atoms with Crippen LogP contribution in [0.15, 0.2) is 84.9 Å². The van der Waals surface area contributed by atoms with E-state index in [2.05, 4.69) is 22.1 Å². The van der Waals surface area contributed by atoms with Crippen molar-refractivity contribution in [3.63, 3.8) is 0 Å². The van der Waals surface area contributed by atoms with E-state index in [-0.39, 0.29) is 62.4 Å². The Labute approximate surface area is 331 Å². The number of carbonyl (C=O) groups is 4. The molecule has 4 amide bonds. The van der Waals surface area contributed by atoms with Gasteiger partial charge in [0.25, 0.3) is 0 Å². The van der Waals surface area contributed by atoms with Crippen molar-refractivity contribution in [1.29, 1.82) is 0 Å². The van der Waals surface area contributed by atoms with Crippen LogP contribution in [0, 0.1) is 0 Å². The van der Waals surface area contributed by atoms with Crippen molar-refractivity contribution in [3.8, 4) is 23.0 Å². The van der Waals surface area contributed by atoms with Crippen molar-refractivity contribution in [3.05, 3.63) is 119 Å². The maximum Gasteiger partial charge on any atom is 0.245 e. The van der Waals surface area contributed by atoms with E-state index in [0.717, 1.165) is 55.4 Å². The van der Waals surface area contributed by atoms with Crippen LogP contribution in [0.5, 0.6) is 23.0 Å². The number of nitrogens with zero attached hydrogens (tertiary/aromatic N) is 4. The molecule has 292 valence electrons. The zero-order valence-corrected chi connectivity index (χ0v) is 31.7. The van der Waals surface area contributed by atoms with Gasteiger partial charge < -0.3 is 48.5 Å². The molecule has 0 saturated carbocycles. The predicted octanol–water partition coefficient (Wildman–Crippen LogP) is 4.42. The normalized spacial score (nSPS) is 22.8. The fourth-order valence-corrected chi connectivity index (χ4v) is 9.67. The molecule has 6 aromatic rings. The van der Waals surface area contributed by atoms with Crippen molar-refractivity contribution < 1.29 is 38.1 Å². The molecule has 2 fully saturated rings. The van der Waals surface area contributed by atoms with E-state index in [4.69, 9.17) is 18.9 Å².